The van der Waals surface area contributed by atoms with E-state index in [1.165, 1.54) is 0 Å². The molecule has 24 heavy (non-hydrogen) atoms. The third-order valence-electron chi connectivity index (χ3n) is 3.75. The lowest BCUT2D eigenvalue weighted by Gasteiger charge is -2.18. The van der Waals surface area contributed by atoms with E-state index in [4.69, 9.17) is 0 Å². The Hall–Kier alpha value is -1.85. The molecule has 0 atom stereocenters. The first kappa shape index (κ1) is 17.0. The number of carbonyl (C=O) groups is 1. The smallest absolute Gasteiger partial charge is 0.232 e. The quantitative estimate of drug-likeness (QED) is 0.579. The first-order valence-electron chi connectivity index (χ1n) is 7.59. The van der Waals surface area contributed by atoms with Crippen LogP contribution in [0.15, 0.2) is 70.2 Å². The van der Waals surface area contributed by atoms with Crippen LogP contribution in [-0.4, -0.2) is 28.6 Å². The fraction of sp³-hybridized carbons (Fsp3) is 0.158. The number of nitrogens with zero attached hydrogens (tertiary/aromatic N) is 2. The minimum absolute atomic E-state index is 0.108. The highest BCUT2D eigenvalue weighted by atomic mass is 79.9. The minimum Gasteiger partial charge on any atom is -0.341 e. The van der Waals surface area contributed by atoms with Gasteiger partial charge in [0.25, 0.3) is 0 Å². The van der Waals surface area contributed by atoms with E-state index in [1.807, 2.05) is 61.6 Å². The van der Waals surface area contributed by atoms with Crippen LogP contribution in [0.2, 0.25) is 0 Å². The average Bonchev–Trinajstić information content (AvgIpc) is 2.61. The number of carbonyl (C=O) groups excluding carboxylic acids is 1. The molecule has 3 rings (SSSR count). The number of hydrogen-bond donors (Lipinski definition) is 0. The van der Waals surface area contributed by atoms with Crippen molar-refractivity contribution in [3.05, 3.63) is 70.8 Å². The zero-order valence-electron chi connectivity index (χ0n) is 13.3. The van der Waals surface area contributed by atoms with Crippen molar-refractivity contribution >= 4 is 44.5 Å². The molecule has 0 fully saturated rings. The summed E-state index contributed by atoms with van der Waals surface area (Å²) in [5.74, 6) is 0.520. The molecule has 0 aliphatic carbocycles. The number of rotatable bonds is 5. The Bertz CT molecular complexity index is 863. The molecule has 1 amide bonds. The predicted octanol–water partition coefficient (Wildman–Crippen LogP) is 4.75. The van der Waals surface area contributed by atoms with E-state index in [-0.39, 0.29) is 5.91 Å². The number of thioether (sulfide) groups is 1. The number of aromatic nitrogens is 1. The molecule has 0 bridgehead atoms. The summed E-state index contributed by atoms with van der Waals surface area (Å²) in [6.45, 7) is 0.595. The number of benzene rings is 2. The zero-order chi connectivity index (χ0) is 16.9. The van der Waals surface area contributed by atoms with E-state index in [2.05, 4.69) is 20.9 Å². The molecule has 0 saturated carbocycles. The number of hydrogen-bond acceptors (Lipinski definition) is 3. The first-order chi connectivity index (χ1) is 11.6. The van der Waals surface area contributed by atoms with Crippen LogP contribution < -0.4 is 0 Å². The maximum atomic E-state index is 12.4. The van der Waals surface area contributed by atoms with E-state index in [1.54, 1.807) is 22.9 Å². The van der Waals surface area contributed by atoms with E-state index in [9.17, 15) is 4.79 Å². The predicted molar refractivity (Wildman–Crippen MR) is 103 cm³/mol. The zero-order valence-corrected chi connectivity index (χ0v) is 15.7. The summed E-state index contributed by atoms with van der Waals surface area (Å²) in [5, 5.41) is 1.09. The van der Waals surface area contributed by atoms with Gasteiger partial charge in [0, 0.05) is 34.5 Å². The third-order valence-corrected chi connectivity index (χ3v) is 5.58. The van der Waals surface area contributed by atoms with Gasteiger partial charge in [-0.15, -0.1) is 11.8 Å². The second-order valence-corrected chi connectivity index (χ2v) is 7.33. The SMILES string of the molecule is CN(Cc1ccccc1Br)C(=O)CSc1ccnc2ccccc12. The molecule has 3 nitrogen and oxygen atoms in total. The summed E-state index contributed by atoms with van der Waals surface area (Å²) >= 11 is 5.08. The molecular weight excluding hydrogens is 384 g/mol. The highest BCUT2D eigenvalue weighted by Gasteiger charge is 2.12. The Morgan fingerprint density at radius 3 is 2.71 bits per heavy atom. The Kier molecular flexibility index (Phi) is 5.53. The van der Waals surface area contributed by atoms with Gasteiger partial charge < -0.3 is 4.90 Å². The maximum Gasteiger partial charge on any atom is 0.232 e. The highest BCUT2D eigenvalue weighted by molar-refractivity contribution is 9.10. The van der Waals surface area contributed by atoms with Crippen LogP contribution in [-0.2, 0) is 11.3 Å². The monoisotopic (exact) mass is 400 g/mol. The van der Waals surface area contributed by atoms with Crippen LogP contribution in [0, 0.1) is 0 Å². The normalized spacial score (nSPS) is 10.8. The van der Waals surface area contributed by atoms with Gasteiger partial charge in [0.2, 0.25) is 5.91 Å². The van der Waals surface area contributed by atoms with Gasteiger partial charge in [-0.25, -0.2) is 0 Å². The van der Waals surface area contributed by atoms with Gasteiger partial charge in [0.15, 0.2) is 0 Å². The molecule has 3 aromatic rings. The average molecular weight is 401 g/mol. The second kappa shape index (κ2) is 7.81. The van der Waals surface area contributed by atoms with Crippen LogP contribution in [0.4, 0.5) is 0 Å². The van der Waals surface area contributed by atoms with Crippen LogP contribution >= 0.6 is 27.7 Å². The fourth-order valence-corrected chi connectivity index (χ4v) is 3.81. The largest absolute Gasteiger partial charge is 0.341 e. The van der Waals surface area contributed by atoms with E-state index >= 15 is 0 Å². The van der Waals surface area contributed by atoms with Gasteiger partial charge in [0.1, 0.15) is 0 Å². The van der Waals surface area contributed by atoms with Crippen molar-refractivity contribution < 1.29 is 4.79 Å². The molecule has 122 valence electrons. The standard InChI is InChI=1S/C19H17BrN2OS/c1-22(12-14-6-2-4-8-16(14)20)19(23)13-24-18-10-11-21-17-9-5-3-7-15(17)18/h2-11H,12-13H2,1H3. The number of fused-ring (bicyclic) bond motifs is 1. The molecule has 0 radical (unpaired) electrons. The van der Waals surface area contributed by atoms with Crippen molar-refractivity contribution in [2.24, 2.45) is 0 Å². The van der Waals surface area contributed by atoms with Crippen molar-refractivity contribution in [3.8, 4) is 0 Å². The lowest BCUT2D eigenvalue weighted by Crippen LogP contribution is -2.27. The highest BCUT2D eigenvalue weighted by Crippen LogP contribution is 2.26. The van der Waals surface area contributed by atoms with Crippen LogP contribution in [0.1, 0.15) is 5.56 Å². The molecule has 0 aliphatic heterocycles. The number of para-hydroxylation sites is 1. The molecule has 0 saturated heterocycles. The van der Waals surface area contributed by atoms with Crippen molar-refractivity contribution in [2.75, 3.05) is 12.8 Å². The van der Waals surface area contributed by atoms with E-state index in [0.717, 1.165) is 25.8 Å². The van der Waals surface area contributed by atoms with E-state index < -0.39 is 0 Å². The van der Waals surface area contributed by atoms with Gasteiger partial charge in [-0.1, -0.05) is 52.3 Å². The summed E-state index contributed by atoms with van der Waals surface area (Å²) in [4.78, 5) is 19.6. The van der Waals surface area contributed by atoms with Gasteiger partial charge in [0.05, 0.1) is 11.3 Å². The fourth-order valence-electron chi connectivity index (χ4n) is 2.42. The lowest BCUT2D eigenvalue weighted by atomic mass is 10.2. The Morgan fingerprint density at radius 2 is 1.88 bits per heavy atom. The summed E-state index contributed by atoms with van der Waals surface area (Å²) in [6, 6.07) is 17.9. The first-order valence-corrected chi connectivity index (χ1v) is 9.37. The van der Waals surface area contributed by atoms with E-state index in [0.29, 0.717) is 12.3 Å². The van der Waals surface area contributed by atoms with Gasteiger partial charge in [-0.3, -0.25) is 9.78 Å². The Balaban J connectivity index is 1.65. The summed E-state index contributed by atoms with van der Waals surface area (Å²) in [7, 11) is 1.84. The van der Waals surface area contributed by atoms with Gasteiger partial charge in [-0.2, -0.15) is 0 Å². The maximum absolute atomic E-state index is 12.4. The van der Waals surface area contributed by atoms with Crippen LogP contribution in [0.3, 0.4) is 0 Å². The van der Waals surface area contributed by atoms with Crippen molar-refractivity contribution in [1.29, 1.82) is 0 Å². The van der Waals surface area contributed by atoms with Crippen molar-refractivity contribution in [2.45, 2.75) is 11.4 Å². The van der Waals surface area contributed by atoms with Crippen LogP contribution in [0.25, 0.3) is 10.9 Å². The molecule has 0 unspecified atom stereocenters. The number of pyridine rings is 1. The molecule has 0 N–H and O–H groups in total. The lowest BCUT2D eigenvalue weighted by molar-refractivity contribution is -0.127. The molecule has 1 heterocycles. The molecule has 2 aromatic carbocycles. The summed E-state index contributed by atoms with van der Waals surface area (Å²) in [6.07, 6.45) is 1.79. The molecule has 1 aromatic heterocycles. The minimum atomic E-state index is 0.108. The molecule has 0 spiro atoms. The van der Waals surface area contributed by atoms with Crippen LogP contribution in [0.5, 0.6) is 0 Å². The molecular formula is C19H17BrN2OS. The summed E-state index contributed by atoms with van der Waals surface area (Å²) < 4.78 is 1.03. The second-order valence-electron chi connectivity index (χ2n) is 5.46. The molecule has 0 aliphatic rings. The van der Waals surface area contributed by atoms with Crippen molar-refractivity contribution in [1.82, 2.24) is 9.88 Å². The summed E-state index contributed by atoms with van der Waals surface area (Å²) in [5.41, 5.74) is 2.06. The van der Waals surface area contributed by atoms with Crippen molar-refractivity contribution in [3.63, 3.8) is 0 Å². The number of halogens is 1. The Morgan fingerprint density at radius 1 is 1.12 bits per heavy atom. The topological polar surface area (TPSA) is 33.2 Å². The van der Waals surface area contributed by atoms with Gasteiger partial charge in [-0.05, 0) is 23.8 Å². The number of amides is 1. The third kappa shape index (κ3) is 3.97. The Labute approximate surface area is 154 Å². The van der Waals surface area contributed by atoms with Gasteiger partial charge >= 0.3 is 0 Å². The molecule has 5 heteroatoms.